The van der Waals surface area contributed by atoms with Gasteiger partial charge in [0.2, 0.25) is 0 Å². The van der Waals surface area contributed by atoms with Crippen LogP contribution in [0.1, 0.15) is 5.56 Å². The molecule has 0 aliphatic rings. The van der Waals surface area contributed by atoms with E-state index in [2.05, 4.69) is 0 Å². The van der Waals surface area contributed by atoms with Crippen LogP contribution in [0.5, 0.6) is 0 Å². The summed E-state index contributed by atoms with van der Waals surface area (Å²) >= 11 is 5.00. The smallest absolute Gasteiger partial charge is 0.262 e. The lowest BCUT2D eigenvalue weighted by molar-refractivity contribution is -0.136. The molecule has 0 aliphatic heterocycles. The summed E-state index contributed by atoms with van der Waals surface area (Å²) in [4.78, 5) is 23.8. The van der Waals surface area contributed by atoms with Gasteiger partial charge in [-0.25, -0.2) is 10.9 Å². The van der Waals surface area contributed by atoms with Crippen molar-refractivity contribution in [2.24, 2.45) is 5.84 Å². The highest BCUT2D eigenvalue weighted by Gasteiger charge is 2.19. The van der Waals surface area contributed by atoms with E-state index in [-0.39, 0.29) is 0 Å². The highest BCUT2D eigenvalue weighted by Crippen LogP contribution is 2.11. The molecule has 0 atom stereocenters. The van der Waals surface area contributed by atoms with Crippen molar-refractivity contribution in [3.8, 4) is 0 Å². The van der Waals surface area contributed by atoms with Gasteiger partial charge in [0.15, 0.2) is 0 Å². The molecule has 15 heavy (non-hydrogen) atoms. The maximum Gasteiger partial charge on any atom is 0.331 e. The normalized spacial score (nSPS) is 9.53. The molecule has 0 saturated heterocycles. The van der Waals surface area contributed by atoms with Crippen LogP contribution in [0.3, 0.4) is 0 Å². The van der Waals surface area contributed by atoms with Crippen molar-refractivity contribution in [1.29, 1.82) is 0 Å². The molecule has 0 unspecified atom stereocenters. The Bertz CT molecular complexity index is 377. The van der Waals surface area contributed by atoms with Gasteiger partial charge in [-0.05, 0) is 19.1 Å². The Morgan fingerprint density at radius 2 is 1.87 bits per heavy atom. The molecule has 0 spiro atoms. The summed E-state index contributed by atoms with van der Waals surface area (Å²) in [6.45, 7) is 1.90. The molecule has 1 rings (SSSR count). The number of amides is 2. The second kappa shape index (κ2) is 4.77. The van der Waals surface area contributed by atoms with Crippen LogP contribution >= 0.6 is 11.8 Å². The number of hydrogen-bond donors (Lipinski definition) is 2. The summed E-state index contributed by atoms with van der Waals surface area (Å²) in [5, 5.41) is 0.733. The Morgan fingerprint density at radius 1 is 1.33 bits per heavy atom. The zero-order chi connectivity index (χ0) is 11.4. The number of anilines is 1. The number of hydrogen-bond acceptors (Lipinski definition) is 3. The predicted octanol–water partition coefficient (Wildman–Crippen LogP) is 0.472. The van der Waals surface area contributed by atoms with Gasteiger partial charge in [-0.2, -0.15) is 0 Å². The lowest BCUT2D eigenvalue weighted by atomic mass is 10.2. The van der Waals surface area contributed by atoms with Gasteiger partial charge in [-0.3, -0.25) is 14.4 Å². The van der Waals surface area contributed by atoms with E-state index >= 15 is 0 Å². The molecular formula is C9H10ClN3O2. The fraction of sp³-hybridized carbons (Fsp3) is 0.111. The van der Waals surface area contributed by atoms with Crippen molar-refractivity contribution in [3.63, 3.8) is 0 Å². The summed E-state index contributed by atoms with van der Waals surface area (Å²) in [5.74, 6) is 3.53. The minimum Gasteiger partial charge on any atom is -0.262 e. The Hall–Kier alpha value is -1.59. The molecule has 0 heterocycles. The number of rotatable bonds is 1. The van der Waals surface area contributed by atoms with Crippen LogP contribution in [0.15, 0.2) is 24.3 Å². The third kappa shape index (κ3) is 2.68. The Kier molecular flexibility index (Phi) is 3.65. The molecule has 0 saturated carbocycles. The number of nitrogens with zero attached hydrogens (tertiary/aromatic N) is 1. The van der Waals surface area contributed by atoms with E-state index in [9.17, 15) is 9.59 Å². The van der Waals surface area contributed by atoms with Crippen molar-refractivity contribution in [2.45, 2.75) is 6.92 Å². The third-order valence-corrected chi connectivity index (χ3v) is 1.98. The van der Waals surface area contributed by atoms with Crippen molar-refractivity contribution < 1.29 is 9.59 Å². The molecule has 0 aromatic heterocycles. The highest BCUT2D eigenvalue weighted by atomic mass is 35.5. The summed E-state index contributed by atoms with van der Waals surface area (Å²) in [6, 6.07) is 6.83. The van der Waals surface area contributed by atoms with E-state index in [1.165, 1.54) is 0 Å². The number of nitrogens with one attached hydrogen (secondary N) is 1. The van der Waals surface area contributed by atoms with E-state index in [4.69, 9.17) is 17.6 Å². The number of carbonyl (C=O) groups is 2. The van der Waals surface area contributed by atoms with Crippen LogP contribution in [0.2, 0.25) is 0 Å². The highest BCUT2D eigenvalue weighted by molar-refractivity contribution is 6.45. The summed E-state index contributed by atoms with van der Waals surface area (Å²) in [6.07, 6.45) is 0. The standard InChI is InChI=1S/C9H10ClN3O2/c1-6-2-4-7(5-3-6)13(11)9(15)8(14)12-10/h2-5H,11H2,1H3,(H,12,14). The predicted molar refractivity (Wildman–Crippen MR) is 56.8 cm³/mol. The number of hydrazine groups is 1. The lowest BCUT2D eigenvalue weighted by Crippen LogP contribution is -2.45. The third-order valence-electron chi connectivity index (χ3n) is 1.81. The van der Waals surface area contributed by atoms with Gasteiger partial charge in [0.25, 0.3) is 0 Å². The first kappa shape index (κ1) is 11.5. The number of benzene rings is 1. The van der Waals surface area contributed by atoms with Gasteiger partial charge in [0, 0.05) is 11.8 Å². The quantitative estimate of drug-likeness (QED) is 0.241. The first-order valence-electron chi connectivity index (χ1n) is 4.12. The van der Waals surface area contributed by atoms with Gasteiger partial charge < -0.3 is 0 Å². The molecule has 80 valence electrons. The van der Waals surface area contributed by atoms with Gasteiger partial charge in [0.1, 0.15) is 0 Å². The second-order valence-electron chi connectivity index (χ2n) is 2.93. The molecule has 5 nitrogen and oxygen atoms in total. The van der Waals surface area contributed by atoms with E-state index in [0.29, 0.717) is 5.69 Å². The fourth-order valence-electron chi connectivity index (χ4n) is 0.972. The van der Waals surface area contributed by atoms with E-state index in [1.807, 2.05) is 6.92 Å². The van der Waals surface area contributed by atoms with Crippen LogP contribution < -0.4 is 15.7 Å². The Labute approximate surface area is 91.9 Å². The van der Waals surface area contributed by atoms with Crippen LogP contribution in [0.4, 0.5) is 5.69 Å². The SMILES string of the molecule is Cc1ccc(N(N)C(=O)C(=O)NCl)cc1. The van der Waals surface area contributed by atoms with Crippen molar-refractivity contribution in [1.82, 2.24) is 4.84 Å². The average molecular weight is 228 g/mol. The Balaban J connectivity index is 2.85. The molecule has 6 heteroatoms. The average Bonchev–Trinajstić information content (AvgIpc) is 2.27. The van der Waals surface area contributed by atoms with Crippen LogP contribution in [0.25, 0.3) is 0 Å². The van der Waals surface area contributed by atoms with E-state index in [0.717, 1.165) is 10.6 Å². The lowest BCUT2D eigenvalue weighted by Gasteiger charge is -2.14. The molecule has 1 aromatic carbocycles. The summed E-state index contributed by atoms with van der Waals surface area (Å²) in [5.41, 5.74) is 1.45. The van der Waals surface area contributed by atoms with Crippen LogP contribution in [0, 0.1) is 6.92 Å². The number of halogens is 1. The van der Waals surface area contributed by atoms with E-state index in [1.54, 1.807) is 29.1 Å². The van der Waals surface area contributed by atoms with Gasteiger partial charge in [-0.1, -0.05) is 17.7 Å². The Morgan fingerprint density at radius 3 is 2.33 bits per heavy atom. The maximum atomic E-state index is 11.3. The fourth-order valence-corrected chi connectivity index (χ4v) is 1.05. The molecule has 3 N–H and O–H groups in total. The van der Waals surface area contributed by atoms with Crippen LogP contribution in [-0.4, -0.2) is 11.8 Å². The van der Waals surface area contributed by atoms with Crippen LogP contribution in [-0.2, 0) is 9.59 Å². The molecule has 0 aliphatic carbocycles. The number of nitrogens with two attached hydrogens (primary N) is 1. The van der Waals surface area contributed by atoms with Crippen molar-refractivity contribution in [3.05, 3.63) is 29.8 Å². The molecule has 0 bridgehead atoms. The van der Waals surface area contributed by atoms with Gasteiger partial charge in [-0.15, -0.1) is 0 Å². The van der Waals surface area contributed by atoms with Crippen molar-refractivity contribution in [2.75, 3.05) is 5.01 Å². The minimum absolute atomic E-state index is 0.422. The number of carbonyl (C=O) groups excluding carboxylic acids is 2. The number of aryl methyl sites for hydroxylation is 1. The first-order valence-corrected chi connectivity index (χ1v) is 4.50. The summed E-state index contributed by atoms with van der Waals surface area (Å²) < 4.78 is 0. The van der Waals surface area contributed by atoms with E-state index < -0.39 is 11.8 Å². The zero-order valence-electron chi connectivity index (χ0n) is 8.03. The second-order valence-corrected chi connectivity index (χ2v) is 3.12. The molecule has 2 amide bonds. The topological polar surface area (TPSA) is 75.4 Å². The largest absolute Gasteiger partial charge is 0.331 e. The zero-order valence-corrected chi connectivity index (χ0v) is 8.78. The molecule has 1 aromatic rings. The maximum absolute atomic E-state index is 11.3. The first-order chi connectivity index (χ1) is 7.06. The van der Waals surface area contributed by atoms with Gasteiger partial charge >= 0.3 is 11.8 Å². The van der Waals surface area contributed by atoms with Crippen molar-refractivity contribution >= 4 is 29.3 Å². The summed E-state index contributed by atoms with van der Waals surface area (Å²) in [7, 11) is 0. The molecule has 0 fully saturated rings. The molecule has 0 radical (unpaired) electrons. The van der Waals surface area contributed by atoms with Gasteiger partial charge in [0.05, 0.1) is 5.69 Å². The molecular weight excluding hydrogens is 218 g/mol. The monoisotopic (exact) mass is 227 g/mol. The minimum atomic E-state index is -0.972.